The highest BCUT2D eigenvalue weighted by molar-refractivity contribution is 5.86. The summed E-state index contributed by atoms with van der Waals surface area (Å²) >= 11 is 0. The summed E-state index contributed by atoms with van der Waals surface area (Å²) in [6, 6.07) is 7.00. The van der Waals surface area contributed by atoms with Gasteiger partial charge in [0.1, 0.15) is 12.4 Å². The van der Waals surface area contributed by atoms with Crippen LogP contribution < -0.4 is 15.9 Å². The molecule has 0 radical (unpaired) electrons. The minimum atomic E-state index is -0.346. The highest BCUT2D eigenvalue weighted by atomic mass is 16.5. The second-order valence-electron chi connectivity index (χ2n) is 6.98. The van der Waals surface area contributed by atoms with Crippen molar-refractivity contribution in [2.24, 2.45) is 0 Å². The lowest BCUT2D eigenvalue weighted by Gasteiger charge is -2.20. The van der Waals surface area contributed by atoms with E-state index in [4.69, 9.17) is 4.74 Å². The predicted molar refractivity (Wildman–Crippen MR) is 106 cm³/mol. The third-order valence-electron chi connectivity index (χ3n) is 5.13. The summed E-state index contributed by atoms with van der Waals surface area (Å²) in [6.45, 7) is 2.36. The van der Waals surface area contributed by atoms with Gasteiger partial charge < -0.3 is 14.6 Å². The standard InChI is InChI=1S/C20H21N5O4/c1-12-21-16-8-10-24(9-7-15(16)18(27)22-12)17(26)11-25-20(28)14-6-4-3-5-13(14)19(23-25)29-2/h3-6H,7-11H2,1-2H3,(H,21,22,27). The Morgan fingerprint density at radius 3 is 2.66 bits per heavy atom. The molecule has 0 saturated heterocycles. The van der Waals surface area contributed by atoms with Crippen LogP contribution in [0.2, 0.25) is 0 Å². The van der Waals surface area contributed by atoms with Crippen molar-refractivity contribution in [3.63, 3.8) is 0 Å². The van der Waals surface area contributed by atoms with Gasteiger partial charge in [-0.15, -0.1) is 5.10 Å². The smallest absolute Gasteiger partial charge is 0.275 e. The van der Waals surface area contributed by atoms with Crippen LogP contribution in [0.25, 0.3) is 10.8 Å². The van der Waals surface area contributed by atoms with Gasteiger partial charge in [0.15, 0.2) is 0 Å². The number of aromatic amines is 1. The number of H-pyrrole nitrogens is 1. The van der Waals surface area contributed by atoms with Gasteiger partial charge in [0.2, 0.25) is 11.8 Å². The number of carbonyl (C=O) groups is 1. The van der Waals surface area contributed by atoms with Crippen molar-refractivity contribution in [3.8, 4) is 5.88 Å². The Labute approximate surface area is 165 Å². The molecule has 0 aliphatic carbocycles. The first-order valence-electron chi connectivity index (χ1n) is 9.38. The molecule has 3 aromatic rings. The number of amides is 1. The summed E-state index contributed by atoms with van der Waals surface area (Å²) in [5, 5.41) is 5.26. The lowest BCUT2D eigenvalue weighted by molar-refractivity contribution is -0.132. The van der Waals surface area contributed by atoms with Crippen LogP contribution in [0.1, 0.15) is 17.1 Å². The van der Waals surface area contributed by atoms with E-state index in [0.29, 0.717) is 54.0 Å². The number of benzene rings is 1. The number of hydrogen-bond acceptors (Lipinski definition) is 6. The molecule has 1 aliphatic heterocycles. The second-order valence-corrected chi connectivity index (χ2v) is 6.98. The van der Waals surface area contributed by atoms with Gasteiger partial charge in [0.05, 0.1) is 23.6 Å². The Hall–Kier alpha value is -3.49. The van der Waals surface area contributed by atoms with E-state index in [1.807, 2.05) is 0 Å². The number of rotatable bonds is 3. The van der Waals surface area contributed by atoms with Crippen molar-refractivity contribution < 1.29 is 9.53 Å². The Morgan fingerprint density at radius 1 is 1.17 bits per heavy atom. The number of aryl methyl sites for hydroxylation is 1. The van der Waals surface area contributed by atoms with Gasteiger partial charge in [0, 0.05) is 25.1 Å². The highest BCUT2D eigenvalue weighted by Crippen LogP contribution is 2.19. The number of methoxy groups -OCH3 is 1. The zero-order valence-electron chi connectivity index (χ0n) is 16.3. The lowest BCUT2D eigenvalue weighted by atomic mass is 10.1. The van der Waals surface area contributed by atoms with Gasteiger partial charge in [0.25, 0.3) is 11.1 Å². The van der Waals surface area contributed by atoms with Crippen LogP contribution in [0.5, 0.6) is 5.88 Å². The first kappa shape index (κ1) is 18.9. The molecular weight excluding hydrogens is 374 g/mol. The fraction of sp³-hybridized carbons (Fsp3) is 0.350. The maximum Gasteiger partial charge on any atom is 0.275 e. The van der Waals surface area contributed by atoms with Crippen LogP contribution in [-0.2, 0) is 24.2 Å². The van der Waals surface area contributed by atoms with Crippen molar-refractivity contribution in [2.75, 3.05) is 20.2 Å². The van der Waals surface area contributed by atoms with Gasteiger partial charge in [-0.2, -0.15) is 0 Å². The van der Waals surface area contributed by atoms with Crippen LogP contribution in [-0.4, -0.2) is 50.8 Å². The predicted octanol–water partition coefficient (Wildman–Crippen LogP) is 0.424. The van der Waals surface area contributed by atoms with E-state index in [9.17, 15) is 14.4 Å². The average molecular weight is 395 g/mol. The van der Waals surface area contributed by atoms with Crippen molar-refractivity contribution >= 4 is 16.7 Å². The van der Waals surface area contributed by atoms with Crippen molar-refractivity contribution in [1.29, 1.82) is 0 Å². The van der Waals surface area contributed by atoms with Gasteiger partial charge in [-0.25, -0.2) is 9.67 Å². The Balaban J connectivity index is 1.59. The van der Waals surface area contributed by atoms with Crippen LogP contribution in [0, 0.1) is 6.92 Å². The van der Waals surface area contributed by atoms with Crippen molar-refractivity contribution in [2.45, 2.75) is 26.3 Å². The van der Waals surface area contributed by atoms with E-state index in [1.54, 1.807) is 36.1 Å². The molecule has 1 amide bonds. The first-order chi connectivity index (χ1) is 14.0. The summed E-state index contributed by atoms with van der Waals surface area (Å²) < 4.78 is 6.43. The van der Waals surface area contributed by atoms with Gasteiger partial charge >= 0.3 is 0 Å². The number of carbonyl (C=O) groups excluding carboxylic acids is 1. The summed E-state index contributed by atoms with van der Waals surface area (Å²) in [5.41, 5.74) is 0.846. The zero-order valence-corrected chi connectivity index (χ0v) is 16.3. The summed E-state index contributed by atoms with van der Waals surface area (Å²) in [6.07, 6.45) is 0.919. The fourth-order valence-corrected chi connectivity index (χ4v) is 3.67. The molecule has 0 saturated carbocycles. The summed E-state index contributed by atoms with van der Waals surface area (Å²) in [5.74, 6) is 0.618. The second kappa shape index (κ2) is 7.50. The molecule has 9 heteroatoms. The van der Waals surface area contributed by atoms with E-state index in [-0.39, 0.29) is 23.6 Å². The maximum absolute atomic E-state index is 12.9. The Bertz CT molecular complexity index is 1210. The molecular formula is C20H21N5O4. The van der Waals surface area contributed by atoms with Crippen LogP contribution >= 0.6 is 0 Å². The quantitative estimate of drug-likeness (QED) is 0.688. The minimum Gasteiger partial charge on any atom is -0.480 e. The number of ether oxygens (including phenoxy) is 1. The Kier molecular flexibility index (Phi) is 4.87. The molecule has 0 bridgehead atoms. The third-order valence-corrected chi connectivity index (χ3v) is 5.13. The molecule has 1 aliphatic rings. The van der Waals surface area contributed by atoms with Gasteiger partial charge in [-0.1, -0.05) is 12.1 Å². The lowest BCUT2D eigenvalue weighted by Crippen LogP contribution is -2.39. The SMILES string of the molecule is COc1nn(CC(=O)N2CCc3nc(C)[nH]c(=O)c3CC2)c(=O)c2ccccc12. The molecule has 29 heavy (non-hydrogen) atoms. The summed E-state index contributed by atoms with van der Waals surface area (Å²) in [4.78, 5) is 46.6. The Morgan fingerprint density at radius 2 is 1.90 bits per heavy atom. The van der Waals surface area contributed by atoms with E-state index in [2.05, 4.69) is 15.1 Å². The number of nitrogens with one attached hydrogen (secondary N) is 1. The van der Waals surface area contributed by atoms with Crippen molar-refractivity contribution in [3.05, 3.63) is 62.1 Å². The fourth-order valence-electron chi connectivity index (χ4n) is 3.67. The molecule has 3 heterocycles. The molecule has 0 fully saturated rings. The molecule has 0 unspecified atom stereocenters. The van der Waals surface area contributed by atoms with Gasteiger partial charge in [-0.05, 0) is 25.5 Å². The van der Waals surface area contributed by atoms with E-state index < -0.39 is 0 Å². The molecule has 1 N–H and O–H groups in total. The maximum atomic E-state index is 12.9. The molecule has 0 atom stereocenters. The largest absolute Gasteiger partial charge is 0.480 e. The topological polar surface area (TPSA) is 110 Å². The third kappa shape index (κ3) is 3.51. The number of aromatic nitrogens is 4. The number of fused-ring (bicyclic) bond motifs is 2. The highest BCUT2D eigenvalue weighted by Gasteiger charge is 2.23. The average Bonchev–Trinajstić information content (AvgIpc) is 2.93. The molecule has 0 spiro atoms. The minimum absolute atomic E-state index is 0.154. The van der Waals surface area contributed by atoms with Crippen molar-refractivity contribution in [1.82, 2.24) is 24.6 Å². The van der Waals surface area contributed by atoms with Crippen LogP contribution in [0.3, 0.4) is 0 Å². The van der Waals surface area contributed by atoms with E-state index >= 15 is 0 Å². The summed E-state index contributed by atoms with van der Waals surface area (Å²) in [7, 11) is 1.48. The monoisotopic (exact) mass is 395 g/mol. The number of hydrogen-bond donors (Lipinski definition) is 1. The zero-order chi connectivity index (χ0) is 20.5. The molecule has 2 aromatic heterocycles. The normalized spacial score (nSPS) is 13.8. The first-order valence-corrected chi connectivity index (χ1v) is 9.38. The van der Waals surface area contributed by atoms with E-state index in [0.717, 1.165) is 10.4 Å². The molecule has 4 rings (SSSR count). The van der Waals surface area contributed by atoms with Crippen LogP contribution in [0.15, 0.2) is 33.9 Å². The molecule has 1 aromatic carbocycles. The van der Waals surface area contributed by atoms with Crippen LogP contribution in [0.4, 0.5) is 0 Å². The van der Waals surface area contributed by atoms with Gasteiger partial charge in [-0.3, -0.25) is 14.4 Å². The molecule has 150 valence electrons. The molecule has 9 nitrogen and oxygen atoms in total. The van der Waals surface area contributed by atoms with E-state index in [1.165, 1.54) is 7.11 Å². The number of nitrogens with zero attached hydrogens (tertiary/aromatic N) is 4.